The number of hydrogen-bond acceptors (Lipinski definition) is 9. The van der Waals surface area contributed by atoms with Gasteiger partial charge in [0.05, 0.1) is 37.2 Å². The molecule has 12 nitrogen and oxygen atoms in total. The molecule has 4 heterocycles. The molecule has 190 valence electrons. The van der Waals surface area contributed by atoms with Crippen LogP contribution in [-0.2, 0) is 16.1 Å². The van der Waals surface area contributed by atoms with Gasteiger partial charge in [-0.2, -0.15) is 0 Å². The SMILES string of the molecule is CON=C(C)c1cn(C2CCN(c3c(F)cc(N4C[C@H](Cn5ccnn5)OC4=O)cc3F)CC2)nn1. The third-order valence-corrected chi connectivity index (χ3v) is 6.31. The molecule has 1 aromatic carbocycles. The van der Waals surface area contributed by atoms with Gasteiger partial charge in [0.2, 0.25) is 0 Å². The van der Waals surface area contributed by atoms with E-state index in [1.165, 1.54) is 35.0 Å². The summed E-state index contributed by atoms with van der Waals surface area (Å²) in [7, 11) is 1.46. The van der Waals surface area contributed by atoms with Crippen molar-refractivity contribution in [3.8, 4) is 0 Å². The molecule has 0 radical (unpaired) electrons. The highest BCUT2D eigenvalue weighted by Crippen LogP contribution is 2.34. The molecule has 0 N–H and O–H groups in total. The Hall–Kier alpha value is -4.10. The fourth-order valence-electron chi connectivity index (χ4n) is 4.53. The average molecular weight is 501 g/mol. The number of carbonyl (C=O) groups is 1. The summed E-state index contributed by atoms with van der Waals surface area (Å²) >= 11 is 0. The zero-order chi connectivity index (χ0) is 25.2. The molecule has 14 heteroatoms. The highest BCUT2D eigenvalue weighted by atomic mass is 19.1. The lowest BCUT2D eigenvalue weighted by molar-refractivity contribution is 0.129. The second-order valence-electron chi connectivity index (χ2n) is 8.66. The van der Waals surface area contributed by atoms with Crippen LogP contribution >= 0.6 is 0 Å². The average Bonchev–Trinajstić information content (AvgIpc) is 3.61. The Morgan fingerprint density at radius 3 is 2.64 bits per heavy atom. The number of amides is 1. The van der Waals surface area contributed by atoms with Gasteiger partial charge in [-0.25, -0.2) is 22.9 Å². The number of hydrogen-bond donors (Lipinski definition) is 0. The molecule has 2 aromatic heterocycles. The van der Waals surface area contributed by atoms with E-state index in [1.54, 1.807) is 28.9 Å². The number of halogens is 2. The number of anilines is 2. The monoisotopic (exact) mass is 501 g/mol. The van der Waals surface area contributed by atoms with E-state index in [9.17, 15) is 4.79 Å². The van der Waals surface area contributed by atoms with Crippen LogP contribution in [0.2, 0.25) is 0 Å². The van der Waals surface area contributed by atoms with Crippen LogP contribution < -0.4 is 9.80 Å². The Morgan fingerprint density at radius 2 is 1.97 bits per heavy atom. The van der Waals surface area contributed by atoms with Crippen molar-refractivity contribution < 1.29 is 23.1 Å². The molecule has 3 aromatic rings. The Kier molecular flexibility index (Phi) is 6.48. The number of piperidine rings is 1. The quantitative estimate of drug-likeness (QED) is 0.358. The molecule has 1 amide bonds. The topological polar surface area (TPSA) is 116 Å². The van der Waals surface area contributed by atoms with Gasteiger partial charge in [-0.3, -0.25) is 4.90 Å². The molecule has 0 unspecified atom stereocenters. The molecule has 5 rings (SSSR count). The molecule has 1 atom stereocenters. The molecular weight excluding hydrogens is 476 g/mol. The molecule has 2 saturated heterocycles. The van der Waals surface area contributed by atoms with Crippen LogP contribution in [-0.4, -0.2) is 74.6 Å². The van der Waals surface area contributed by atoms with Gasteiger partial charge in [0.15, 0.2) is 11.6 Å². The van der Waals surface area contributed by atoms with E-state index >= 15 is 8.78 Å². The van der Waals surface area contributed by atoms with Gasteiger partial charge in [0, 0.05) is 31.4 Å². The minimum absolute atomic E-state index is 0.0459. The van der Waals surface area contributed by atoms with E-state index < -0.39 is 23.8 Å². The fraction of sp³-hybridized carbons (Fsp3) is 0.455. The Balaban J connectivity index is 1.24. The number of ether oxygens (including phenoxy) is 1. The maximum absolute atomic E-state index is 15.1. The third kappa shape index (κ3) is 4.70. The number of rotatable bonds is 7. The summed E-state index contributed by atoms with van der Waals surface area (Å²) in [5.74, 6) is -1.46. The lowest BCUT2D eigenvalue weighted by Gasteiger charge is -2.34. The van der Waals surface area contributed by atoms with Crippen molar-refractivity contribution in [1.82, 2.24) is 30.0 Å². The maximum atomic E-state index is 15.1. The zero-order valence-corrected chi connectivity index (χ0v) is 19.8. The van der Waals surface area contributed by atoms with Gasteiger partial charge in [0.1, 0.15) is 30.3 Å². The summed E-state index contributed by atoms with van der Waals surface area (Å²) < 4.78 is 38.9. The number of cyclic esters (lactones) is 1. The van der Waals surface area contributed by atoms with Crippen molar-refractivity contribution in [2.24, 2.45) is 5.16 Å². The van der Waals surface area contributed by atoms with E-state index in [2.05, 4.69) is 25.8 Å². The Labute approximate surface area is 205 Å². The second kappa shape index (κ2) is 9.87. The summed E-state index contributed by atoms with van der Waals surface area (Å²) in [6, 6.07) is 2.39. The predicted octanol–water partition coefficient (Wildman–Crippen LogP) is 2.39. The number of aromatic nitrogens is 6. The maximum Gasteiger partial charge on any atom is 0.414 e. The summed E-state index contributed by atoms with van der Waals surface area (Å²) in [4.78, 5) is 20.0. The van der Waals surface area contributed by atoms with Gasteiger partial charge < -0.3 is 14.5 Å². The molecular formula is C22H25F2N9O3. The lowest BCUT2D eigenvalue weighted by atomic mass is 10.0. The summed E-state index contributed by atoms with van der Waals surface area (Å²) in [5.41, 5.74) is 1.22. The van der Waals surface area contributed by atoms with E-state index in [4.69, 9.17) is 9.57 Å². The van der Waals surface area contributed by atoms with Crippen LogP contribution in [0, 0.1) is 11.6 Å². The predicted molar refractivity (Wildman–Crippen MR) is 124 cm³/mol. The molecule has 0 saturated carbocycles. The second-order valence-corrected chi connectivity index (χ2v) is 8.66. The van der Waals surface area contributed by atoms with Gasteiger partial charge in [-0.15, -0.1) is 10.2 Å². The lowest BCUT2D eigenvalue weighted by Crippen LogP contribution is -2.36. The van der Waals surface area contributed by atoms with Gasteiger partial charge in [-0.05, 0) is 19.8 Å². The fourth-order valence-corrected chi connectivity index (χ4v) is 4.53. The van der Waals surface area contributed by atoms with Gasteiger partial charge in [-0.1, -0.05) is 15.6 Å². The van der Waals surface area contributed by atoms with Crippen LogP contribution in [0.5, 0.6) is 0 Å². The molecule has 0 spiro atoms. The Morgan fingerprint density at radius 1 is 1.22 bits per heavy atom. The number of oxime groups is 1. The van der Waals surface area contributed by atoms with E-state index in [0.29, 0.717) is 43.9 Å². The molecule has 2 aliphatic heterocycles. The third-order valence-electron chi connectivity index (χ3n) is 6.31. The van der Waals surface area contributed by atoms with Crippen molar-refractivity contribution in [1.29, 1.82) is 0 Å². The normalized spacial score (nSPS) is 19.2. The molecule has 36 heavy (non-hydrogen) atoms. The standard InChI is InChI=1S/C22H25F2N9O3/c1-14(27-35-2)20-13-33(29-26-20)15-3-6-30(7-4-15)21-18(23)9-16(10-19(21)24)32-12-17(36-22(32)34)11-31-8-5-25-28-31/h5,8-10,13,15,17H,3-4,6-7,11-12H2,1-2H3/t17-/m0/s1. The van der Waals surface area contributed by atoms with Gasteiger partial charge in [0.25, 0.3) is 0 Å². The number of nitrogens with zero attached hydrogens (tertiary/aromatic N) is 9. The van der Waals surface area contributed by atoms with E-state index in [1.807, 2.05) is 0 Å². The van der Waals surface area contributed by atoms with Crippen LogP contribution in [0.4, 0.5) is 25.0 Å². The highest BCUT2D eigenvalue weighted by Gasteiger charge is 2.34. The molecule has 0 bridgehead atoms. The minimum atomic E-state index is -0.731. The van der Waals surface area contributed by atoms with Crippen LogP contribution in [0.25, 0.3) is 0 Å². The van der Waals surface area contributed by atoms with Crippen molar-refractivity contribution in [3.05, 3.63) is 48.1 Å². The van der Waals surface area contributed by atoms with Crippen LogP contribution in [0.15, 0.2) is 35.9 Å². The Bertz CT molecular complexity index is 1230. The van der Waals surface area contributed by atoms with Crippen molar-refractivity contribution in [2.75, 3.05) is 36.5 Å². The van der Waals surface area contributed by atoms with Gasteiger partial charge >= 0.3 is 6.09 Å². The smallest absolute Gasteiger partial charge is 0.414 e. The molecule has 2 aliphatic rings. The number of carbonyl (C=O) groups excluding carboxylic acids is 1. The largest absolute Gasteiger partial charge is 0.442 e. The molecule has 2 fully saturated rings. The van der Waals surface area contributed by atoms with E-state index in [0.717, 1.165) is 0 Å². The first-order valence-corrected chi connectivity index (χ1v) is 11.5. The van der Waals surface area contributed by atoms with Crippen molar-refractivity contribution in [2.45, 2.75) is 38.5 Å². The first-order chi connectivity index (χ1) is 17.4. The van der Waals surface area contributed by atoms with Crippen LogP contribution in [0.1, 0.15) is 31.5 Å². The minimum Gasteiger partial charge on any atom is -0.442 e. The first kappa shape index (κ1) is 23.6. The van der Waals surface area contributed by atoms with Crippen molar-refractivity contribution in [3.63, 3.8) is 0 Å². The summed E-state index contributed by atoms with van der Waals surface area (Å²) in [5, 5.41) is 19.7. The highest BCUT2D eigenvalue weighted by molar-refractivity contribution is 5.96. The molecule has 0 aliphatic carbocycles. The van der Waals surface area contributed by atoms with E-state index in [-0.39, 0.29) is 24.0 Å². The number of benzene rings is 1. The van der Waals surface area contributed by atoms with Crippen molar-refractivity contribution >= 4 is 23.2 Å². The summed E-state index contributed by atoms with van der Waals surface area (Å²) in [6.45, 7) is 3.09. The zero-order valence-electron chi connectivity index (χ0n) is 19.8. The summed E-state index contributed by atoms with van der Waals surface area (Å²) in [6.07, 6.45) is 5.05. The van der Waals surface area contributed by atoms with Crippen LogP contribution in [0.3, 0.4) is 0 Å². The first-order valence-electron chi connectivity index (χ1n) is 11.5.